The Hall–Kier alpha value is -1.46. The highest BCUT2D eigenvalue weighted by Crippen LogP contribution is 2.35. The monoisotopic (exact) mass is 342 g/mol. The van der Waals surface area contributed by atoms with Crippen molar-refractivity contribution < 1.29 is 14.3 Å². The molecule has 0 atom stereocenters. The minimum absolute atomic E-state index is 0.0510. The van der Waals surface area contributed by atoms with Gasteiger partial charge in [-0.3, -0.25) is 4.79 Å². The molecule has 0 saturated carbocycles. The largest absolute Gasteiger partial charge is 0.495 e. The molecule has 1 aromatic carbocycles. The van der Waals surface area contributed by atoms with Gasteiger partial charge in [0.2, 0.25) is 5.91 Å². The molecule has 5 nitrogen and oxygen atoms in total. The summed E-state index contributed by atoms with van der Waals surface area (Å²) >= 11 is 6.06. The van der Waals surface area contributed by atoms with Gasteiger partial charge in [0.1, 0.15) is 11.5 Å². The van der Waals surface area contributed by atoms with E-state index in [9.17, 15) is 4.79 Å². The standard InChI is InChI=1S/C17H27ClN2O3/c1-5-8-20(9-6-2)10-7-17(21)19-14-12-15(22-3)13(18)11-16(14)23-4/h11-12H,5-10H2,1-4H3,(H,19,21). The van der Waals surface area contributed by atoms with Crippen LogP contribution in [0.4, 0.5) is 5.69 Å². The maximum absolute atomic E-state index is 12.2. The molecule has 0 saturated heterocycles. The van der Waals surface area contributed by atoms with Crippen molar-refractivity contribution in [2.24, 2.45) is 0 Å². The summed E-state index contributed by atoms with van der Waals surface area (Å²) in [7, 11) is 3.07. The number of benzene rings is 1. The van der Waals surface area contributed by atoms with E-state index in [1.807, 2.05) is 0 Å². The van der Waals surface area contributed by atoms with Gasteiger partial charge in [0.25, 0.3) is 0 Å². The summed E-state index contributed by atoms with van der Waals surface area (Å²) in [6.45, 7) is 7.07. The first kappa shape index (κ1) is 19.6. The summed E-state index contributed by atoms with van der Waals surface area (Å²) in [6.07, 6.45) is 2.61. The summed E-state index contributed by atoms with van der Waals surface area (Å²) in [5.74, 6) is 0.967. The summed E-state index contributed by atoms with van der Waals surface area (Å²) in [5, 5.41) is 3.32. The van der Waals surface area contributed by atoms with E-state index in [4.69, 9.17) is 21.1 Å². The van der Waals surface area contributed by atoms with Crippen LogP contribution in [0, 0.1) is 0 Å². The second-order valence-corrected chi connectivity index (χ2v) is 5.73. The molecule has 0 unspecified atom stereocenters. The van der Waals surface area contributed by atoms with Crippen LogP contribution < -0.4 is 14.8 Å². The van der Waals surface area contributed by atoms with Crippen LogP contribution in [-0.4, -0.2) is 44.7 Å². The minimum Gasteiger partial charge on any atom is -0.495 e. The molecular weight excluding hydrogens is 316 g/mol. The first-order valence-electron chi connectivity index (χ1n) is 7.99. The van der Waals surface area contributed by atoms with Gasteiger partial charge in [-0.15, -0.1) is 0 Å². The van der Waals surface area contributed by atoms with Crippen molar-refractivity contribution >= 4 is 23.2 Å². The van der Waals surface area contributed by atoms with Crippen LogP contribution in [0.3, 0.4) is 0 Å². The molecule has 1 aromatic rings. The zero-order valence-electron chi connectivity index (χ0n) is 14.4. The number of nitrogens with one attached hydrogen (secondary N) is 1. The fourth-order valence-corrected chi connectivity index (χ4v) is 2.63. The molecule has 0 radical (unpaired) electrons. The maximum Gasteiger partial charge on any atom is 0.225 e. The first-order chi connectivity index (χ1) is 11.0. The molecule has 1 N–H and O–H groups in total. The lowest BCUT2D eigenvalue weighted by atomic mass is 10.2. The smallest absolute Gasteiger partial charge is 0.225 e. The van der Waals surface area contributed by atoms with Crippen molar-refractivity contribution in [2.75, 3.05) is 39.2 Å². The summed E-state index contributed by atoms with van der Waals surface area (Å²) in [5.41, 5.74) is 0.566. The molecule has 6 heteroatoms. The van der Waals surface area contributed by atoms with Crippen molar-refractivity contribution in [3.63, 3.8) is 0 Å². The molecular formula is C17H27ClN2O3. The third-order valence-corrected chi connectivity index (χ3v) is 3.78. The van der Waals surface area contributed by atoms with Crippen molar-refractivity contribution in [1.82, 2.24) is 4.90 Å². The van der Waals surface area contributed by atoms with E-state index < -0.39 is 0 Å². The third kappa shape index (κ3) is 6.28. The Morgan fingerprint density at radius 3 is 2.22 bits per heavy atom. The molecule has 23 heavy (non-hydrogen) atoms. The topological polar surface area (TPSA) is 50.8 Å². The SMILES string of the molecule is CCCN(CCC)CCC(=O)Nc1cc(OC)c(Cl)cc1OC. The Morgan fingerprint density at radius 2 is 1.70 bits per heavy atom. The van der Waals surface area contributed by atoms with E-state index >= 15 is 0 Å². The fraction of sp³-hybridized carbons (Fsp3) is 0.588. The zero-order valence-corrected chi connectivity index (χ0v) is 15.2. The molecule has 0 aliphatic carbocycles. The van der Waals surface area contributed by atoms with E-state index in [0.29, 0.717) is 28.6 Å². The van der Waals surface area contributed by atoms with Gasteiger partial charge in [0.05, 0.1) is 24.9 Å². The Kier molecular flexibility index (Phi) is 8.81. The van der Waals surface area contributed by atoms with E-state index in [1.54, 1.807) is 12.1 Å². The van der Waals surface area contributed by atoms with Gasteiger partial charge in [-0.1, -0.05) is 25.4 Å². The summed E-state index contributed by atoms with van der Waals surface area (Å²) in [4.78, 5) is 14.5. The highest BCUT2D eigenvalue weighted by Gasteiger charge is 2.13. The second kappa shape index (κ2) is 10.3. The molecule has 0 aromatic heterocycles. The molecule has 0 heterocycles. The average molecular weight is 343 g/mol. The number of anilines is 1. The van der Waals surface area contributed by atoms with E-state index in [2.05, 4.69) is 24.1 Å². The second-order valence-electron chi connectivity index (χ2n) is 5.33. The van der Waals surface area contributed by atoms with Gasteiger partial charge in [-0.25, -0.2) is 0 Å². The first-order valence-corrected chi connectivity index (χ1v) is 8.37. The predicted molar refractivity (Wildman–Crippen MR) is 94.8 cm³/mol. The lowest BCUT2D eigenvalue weighted by Gasteiger charge is -2.20. The maximum atomic E-state index is 12.2. The quantitative estimate of drug-likeness (QED) is 0.702. The third-order valence-electron chi connectivity index (χ3n) is 3.48. The molecule has 0 fully saturated rings. The number of nitrogens with zero attached hydrogens (tertiary/aromatic N) is 1. The average Bonchev–Trinajstić information content (AvgIpc) is 2.54. The molecule has 1 rings (SSSR count). The Bertz CT molecular complexity index is 503. The lowest BCUT2D eigenvalue weighted by Crippen LogP contribution is -2.29. The molecule has 0 bridgehead atoms. The van der Waals surface area contributed by atoms with Crippen LogP contribution in [0.2, 0.25) is 5.02 Å². The van der Waals surface area contributed by atoms with E-state index in [1.165, 1.54) is 14.2 Å². The highest BCUT2D eigenvalue weighted by atomic mass is 35.5. The molecule has 0 spiro atoms. The lowest BCUT2D eigenvalue weighted by molar-refractivity contribution is -0.116. The Labute approximate surface area is 143 Å². The number of amides is 1. The Balaban J connectivity index is 2.69. The number of rotatable bonds is 10. The molecule has 130 valence electrons. The summed E-state index contributed by atoms with van der Waals surface area (Å²) < 4.78 is 10.4. The number of hydrogen-bond donors (Lipinski definition) is 1. The normalized spacial score (nSPS) is 10.7. The number of carbonyl (C=O) groups is 1. The van der Waals surface area contributed by atoms with Gasteiger partial charge >= 0.3 is 0 Å². The van der Waals surface area contributed by atoms with Crippen LogP contribution >= 0.6 is 11.6 Å². The number of ether oxygens (including phenoxy) is 2. The van der Waals surface area contributed by atoms with Gasteiger partial charge in [-0.05, 0) is 25.9 Å². The van der Waals surface area contributed by atoms with Gasteiger partial charge < -0.3 is 19.7 Å². The van der Waals surface area contributed by atoms with Crippen LogP contribution in [0.5, 0.6) is 11.5 Å². The van der Waals surface area contributed by atoms with E-state index in [-0.39, 0.29) is 5.91 Å². The number of carbonyl (C=O) groups excluding carboxylic acids is 1. The number of hydrogen-bond acceptors (Lipinski definition) is 4. The van der Waals surface area contributed by atoms with Crippen LogP contribution in [0.1, 0.15) is 33.1 Å². The highest BCUT2D eigenvalue weighted by molar-refractivity contribution is 6.32. The molecule has 0 aliphatic rings. The van der Waals surface area contributed by atoms with Crippen LogP contribution in [0.15, 0.2) is 12.1 Å². The number of halogens is 1. The number of methoxy groups -OCH3 is 2. The molecule has 0 aliphatic heterocycles. The van der Waals surface area contributed by atoms with Crippen molar-refractivity contribution in [3.05, 3.63) is 17.2 Å². The zero-order chi connectivity index (χ0) is 17.2. The van der Waals surface area contributed by atoms with Crippen LogP contribution in [-0.2, 0) is 4.79 Å². The van der Waals surface area contributed by atoms with Crippen LogP contribution in [0.25, 0.3) is 0 Å². The fourth-order valence-electron chi connectivity index (χ4n) is 2.40. The minimum atomic E-state index is -0.0510. The van der Waals surface area contributed by atoms with Gasteiger partial charge in [-0.2, -0.15) is 0 Å². The van der Waals surface area contributed by atoms with E-state index in [0.717, 1.165) is 32.5 Å². The van der Waals surface area contributed by atoms with Crippen molar-refractivity contribution in [1.29, 1.82) is 0 Å². The van der Waals surface area contributed by atoms with Crippen molar-refractivity contribution in [3.8, 4) is 11.5 Å². The van der Waals surface area contributed by atoms with Crippen molar-refractivity contribution in [2.45, 2.75) is 33.1 Å². The summed E-state index contributed by atoms with van der Waals surface area (Å²) in [6, 6.07) is 3.31. The molecule has 1 amide bonds. The Morgan fingerprint density at radius 1 is 1.09 bits per heavy atom. The van der Waals surface area contributed by atoms with Gasteiger partial charge in [0, 0.05) is 25.1 Å². The predicted octanol–water partition coefficient (Wildman–Crippen LogP) is 3.81. The van der Waals surface area contributed by atoms with Gasteiger partial charge in [0.15, 0.2) is 0 Å².